The molecule has 4 aromatic rings. The molecule has 1 amide bonds. The molecule has 2 fully saturated rings. The van der Waals surface area contributed by atoms with Crippen LogP contribution < -0.4 is 19.5 Å². The number of nitrogens with zero attached hydrogens (tertiary/aromatic N) is 3. The highest BCUT2D eigenvalue weighted by atomic mass is 35.5. The number of likely N-dealkylation sites (tertiary alicyclic amines) is 2. The van der Waals surface area contributed by atoms with Crippen molar-refractivity contribution in [3.63, 3.8) is 0 Å². The zero-order valence-electron chi connectivity index (χ0n) is 25.9. The molecular formula is C34H39Cl2N5O4. The number of H-pyrrole nitrogens is 1. The van der Waals surface area contributed by atoms with E-state index in [1.165, 1.54) is 0 Å². The number of piperidine rings is 1. The van der Waals surface area contributed by atoms with Crippen LogP contribution in [0, 0.1) is 0 Å². The van der Waals surface area contributed by atoms with Gasteiger partial charge in [-0.15, -0.1) is 0 Å². The molecule has 2 saturated heterocycles. The van der Waals surface area contributed by atoms with E-state index >= 15 is 0 Å². The number of amides is 1. The van der Waals surface area contributed by atoms with Crippen molar-refractivity contribution in [2.45, 2.75) is 37.1 Å². The number of ether oxygens (including phenoxy) is 3. The number of imidazole rings is 1. The number of benzene rings is 3. The number of nitrogens with one attached hydrogen (secondary N) is 2. The highest BCUT2D eigenvalue weighted by Gasteiger charge is 2.42. The summed E-state index contributed by atoms with van der Waals surface area (Å²) in [6.45, 7) is 4.10. The summed E-state index contributed by atoms with van der Waals surface area (Å²) in [5.41, 5.74) is 3.36. The molecule has 3 heterocycles. The van der Waals surface area contributed by atoms with Crippen molar-refractivity contribution in [3.8, 4) is 17.2 Å². The molecule has 11 heteroatoms. The zero-order valence-corrected chi connectivity index (χ0v) is 27.4. The summed E-state index contributed by atoms with van der Waals surface area (Å²) >= 11 is 12.8. The lowest BCUT2D eigenvalue weighted by atomic mass is 9.76. The fourth-order valence-electron chi connectivity index (χ4n) is 6.73. The Balaban J connectivity index is 1.15. The standard InChI is InChI=1S/C34H39Cl2N5O4/c1-43-29-18-22(19-30(44-2)31(29)45-3)32(42)41-17-13-34(21-41,23-8-9-25(35)26(36)20-23)12-16-40-14-10-24(11-15-40)37-33-38-27-6-4-5-7-28(27)39-33/h4-9,18-20,24H,10-17,21H2,1-3H3,(H2,37,38,39). The van der Waals surface area contributed by atoms with Crippen LogP contribution in [0.15, 0.2) is 54.6 Å². The highest BCUT2D eigenvalue weighted by molar-refractivity contribution is 6.42. The maximum atomic E-state index is 13.9. The van der Waals surface area contributed by atoms with Gasteiger partial charge in [-0.05, 0) is 74.2 Å². The Morgan fingerprint density at radius 3 is 2.38 bits per heavy atom. The number of halogens is 2. The summed E-state index contributed by atoms with van der Waals surface area (Å²) in [6.07, 6.45) is 3.78. The largest absolute Gasteiger partial charge is 0.493 e. The van der Waals surface area contributed by atoms with Crippen LogP contribution in [0.3, 0.4) is 0 Å². The molecular weight excluding hydrogens is 613 g/mol. The number of aromatic nitrogens is 2. The van der Waals surface area contributed by atoms with Crippen molar-refractivity contribution < 1.29 is 19.0 Å². The lowest BCUT2D eigenvalue weighted by molar-refractivity contribution is 0.0779. The number of carbonyl (C=O) groups excluding carboxylic acids is 1. The van der Waals surface area contributed by atoms with Crippen LogP contribution in [-0.4, -0.2) is 85.8 Å². The van der Waals surface area contributed by atoms with Crippen molar-refractivity contribution in [1.82, 2.24) is 19.8 Å². The van der Waals surface area contributed by atoms with E-state index in [9.17, 15) is 4.79 Å². The van der Waals surface area contributed by atoms with Gasteiger partial charge in [0.05, 0.1) is 42.4 Å². The summed E-state index contributed by atoms with van der Waals surface area (Å²) in [5.74, 6) is 2.12. The van der Waals surface area contributed by atoms with Gasteiger partial charge in [-0.2, -0.15) is 0 Å². The van der Waals surface area contributed by atoms with Crippen LogP contribution in [0.4, 0.5) is 5.95 Å². The molecule has 1 atom stereocenters. The number of hydrogen-bond acceptors (Lipinski definition) is 7. The van der Waals surface area contributed by atoms with Crippen LogP contribution in [0.5, 0.6) is 17.2 Å². The van der Waals surface area contributed by atoms with Gasteiger partial charge in [0.25, 0.3) is 5.91 Å². The van der Waals surface area contributed by atoms with E-state index in [2.05, 4.69) is 26.3 Å². The lowest BCUT2D eigenvalue weighted by Crippen LogP contribution is -2.42. The third-order valence-electron chi connectivity index (χ3n) is 9.31. The van der Waals surface area contributed by atoms with Gasteiger partial charge >= 0.3 is 0 Å². The number of anilines is 1. The summed E-state index contributed by atoms with van der Waals surface area (Å²) in [5, 5.41) is 4.65. The van der Waals surface area contributed by atoms with Gasteiger partial charge in [0.2, 0.25) is 11.7 Å². The van der Waals surface area contributed by atoms with E-state index in [0.717, 1.165) is 67.9 Å². The van der Waals surface area contributed by atoms with E-state index < -0.39 is 0 Å². The minimum absolute atomic E-state index is 0.0753. The van der Waals surface area contributed by atoms with Gasteiger partial charge in [0, 0.05) is 43.2 Å². The van der Waals surface area contributed by atoms with Gasteiger partial charge in [0.1, 0.15) is 0 Å². The summed E-state index contributed by atoms with van der Waals surface area (Å²) < 4.78 is 16.5. The average Bonchev–Trinajstić information content (AvgIpc) is 3.69. The SMILES string of the molecule is COc1cc(C(=O)N2CCC(CCN3CCC(Nc4nc5ccccc5[nH]4)CC3)(c3ccc(Cl)c(Cl)c3)C2)cc(OC)c1OC. The second-order valence-corrected chi connectivity index (χ2v) is 12.7. The Bertz CT molecular complexity index is 1610. The number of methoxy groups -OCH3 is 3. The van der Waals surface area contributed by atoms with Gasteiger partial charge in [-0.1, -0.05) is 41.4 Å². The highest BCUT2D eigenvalue weighted by Crippen LogP contribution is 2.42. The zero-order chi connectivity index (χ0) is 31.6. The van der Waals surface area contributed by atoms with Gasteiger partial charge in [-0.25, -0.2) is 4.98 Å². The first kappa shape index (κ1) is 31.3. The first-order chi connectivity index (χ1) is 21.8. The Morgan fingerprint density at radius 2 is 1.71 bits per heavy atom. The topological polar surface area (TPSA) is 92.0 Å². The first-order valence-electron chi connectivity index (χ1n) is 15.3. The molecule has 6 rings (SSSR count). The van der Waals surface area contributed by atoms with Crippen molar-refractivity contribution in [2.24, 2.45) is 0 Å². The lowest BCUT2D eigenvalue weighted by Gasteiger charge is -2.36. The van der Waals surface area contributed by atoms with E-state index in [1.54, 1.807) is 33.5 Å². The number of fused-ring (bicyclic) bond motifs is 1. The van der Waals surface area contributed by atoms with Gasteiger partial charge in [-0.3, -0.25) is 4.79 Å². The monoisotopic (exact) mass is 651 g/mol. The van der Waals surface area contributed by atoms with Crippen LogP contribution in [-0.2, 0) is 5.41 Å². The molecule has 0 radical (unpaired) electrons. The molecule has 45 heavy (non-hydrogen) atoms. The minimum Gasteiger partial charge on any atom is -0.493 e. The average molecular weight is 653 g/mol. The van der Waals surface area contributed by atoms with Crippen LogP contribution in [0.1, 0.15) is 41.6 Å². The smallest absolute Gasteiger partial charge is 0.254 e. The van der Waals surface area contributed by atoms with Gasteiger partial charge < -0.3 is 34.3 Å². The maximum Gasteiger partial charge on any atom is 0.254 e. The Morgan fingerprint density at radius 1 is 0.978 bits per heavy atom. The molecule has 0 saturated carbocycles. The number of rotatable bonds is 10. The number of aromatic amines is 1. The quantitative estimate of drug-likeness (QED) is 0.198. The Hall–Kier alpha value is -3.66. The molecule has 0 aliphatic carbocycles. The molecule has 0 spiro atoms. The number of hydrogen-bond donors (Lipinski definition) is 2. The molecule has 9 nitrogen and oxygen atoms in total. The number of para-hydroxylation sites is 2. The fourth-order valence-corrected chi connectivity index (χ4v) is 7.03. The van der Waals surface area contributed by atoms with Crippen molar-refractivity contribution in [3.05, 3.63) is 75.8 Å². The summed E-state index contributed by atoms with van der Waals surface area (Å²) in [6, 6.07) is 17.8. The van der Waals surface area contributed by atoms with E-state index in [0.29, 0.717) is 52.0 Å². The maximum absolute atomic E-state index is 13.9. The molecule has 0 bridgehead atoms. The summed E-state index contributed by atoms with van der Waals surface area (Å²) in [7, 11) is 4.65. The molecule has 238 valence electrons. The van der Waals surface area contributed by atoms with Crippen LogP contribution in [0.2, 0.25) is 10.0 Å². The number of carbonyl (C=O) groups is 1. The minimum atomic E-state index is -0.256. The molecule has 2 aliphatic heterocycles. The van der Waals surface area contributed by atoms with Crippen LogP contribution >= 0.6 is 23.2 Å². The Kier molecular flexibility index (Phi) is 9.31. The normalized spacial score (nSPS) is 19.2. The summed E-state index contributed by atoms with van der Waals surface area (Å²) in [4.78, 5) is 26.4. The van der Waals surface area contributed by atoms with Gasteiger partial charge in [0.15, 0.2) is 11.5 Å². The molecule has 3 aromatic carbocycles. The second kappa shape index (κ2) is 13.4. The van der Waals surface area contributed by atoms with Crippen molar-refractivity contribution in [1.29, 1.82) is 0 Å². The van der Waals surface area contributed by atoms with Crippen molar-refractivity contribution >= 4 is 46.1 Å². The predicted octanol–water partition coefficient (Wildman–Crippen LogP) is 6.65. The van der Waals surface area contributed by atoms with Crippen LogP contribution in [0.25, 0.3) is 11.0 Å². The third kappa shape index (κ3) is 6.52. The van der Waals surface area contributed by atoms with E-state index in [-0.39, 0.29) is 11.3 Å². The molecule has 1 aromatic heterocycles. The van der Waals surface area contributed by atoms with E-state index in [4.69, 9.17) is 37.4 Å². The third-order valence-corrected chi connectivity index (χ3v) is 10.0. The molecule has 2 aliphatic rings. The predicted molar refractivity (Wildman–Crippen MR) is 179 cm³/mol. The Labute approximate surface area is 273 Å². The fraction of sp³-hybridized carbons (Fsp3) is 0.412. The molecule has 1 unspecified atom stereocenters. The second-order valence-electron chi connectivity index (χ2n) is 11.9. The molecule has 2 N–H and O–H groups in total. The first-order valence-corrected chi connectivity index (χ1v) is 16.1. The van der Waals surface area contributed by atoms with E-state index in [1.807, 2.05) is 41.3 Å². The van der Waals surface area contributed by atoms with Crippen molar-refractivity contribution in [2.75, 3.05) is 59.4 Å².